The third-order valence-corrected chi connectivity index (χ3v) is 5.81. The number of hydrogen-bond acceptors (Lipinski definition) is 5. The van der Waals surface area contributed by atoms with Crippen molar-refractivity contribution >= 4 is 17.4 Å². The molecule has 2 aromatic rings. The Kier molecular flexibility index (Phi) is 8.28. The van der Waals surface area contributed by atoms with E-state index in [-0.39, 0.29) is 11.3 Å². The average molecular weight is 451 g/mol. The molecule has 1 saturated heterocycles. The number of aryl methyl sites for hydroxylation is 1. The zero-order valence-corrected chi connectivity index (χ0v) is 20.0. The Morgan fingerprint density at radius 3 is 2.48 bits per heavy atom. The first-order valence-electron chi connectivity index (χ1n) is 11.6. The number of unbranched alkanes of at least 4 members (excludes halogenated alkanes) is 1. The number of carbonyl (C=O) groups excluding carboxylic acids is 2. The van der Waals surface area contributed by atoms with Gasteiger partial charge < -0.3 is 19.6 Å². The summed E-state index contributed by atoms with van der Waals surface area (Å²) in [5.41, 5.74) is 2.48. The molecule has 1 atom stereocenters. The third kappa shape index (κ3) is 5.82. The summed E-state index contributed by atoms with van der Waals surface area (Å²) in [6.07, 6.45) is 2.68. The normalized spacial score (nSPS) is 17.7. The molecule has 0 saturated carbocycles. The second-order valence-corrected chi connectivity index (χ2v) is 8.79. The molecule has 1 fully saturated rings. The Balaban J connectivity index is 2.02. The molecular weight excluding hydrogens is 416 g/mol. The summed E-state index contributed by atoms with van der Waals surface area (Å²) >= 11 is 0. The van der Waals surface area contributed by atoms with Gasteiger partial charge in [-0.15, -0.1) is 0 Å². The largest absolute Gasteiger partial charge is 0.507 e. The second-order valence-electron chi connectivity index (χ2n) is 8.79. The zero-order chi connectivity index (χ0) is 24.0. The van der Waals surface area contributed by atoms with Crippen molar-refractivity contribution in [2.45, 2.75) is 39.2 Å². The van der Waals surface area contributed by atoms with Crippen LogP contribution in [0.4, 0.5) is 0 Å². The summed E-state index contributed by atoms with van der Waals surface area (Å²) in [5, 5.41) is 11.2. The number of rotatable bonds is 10. The van der Waals surface area contributed by atoms with Crippen molar-refractivity contribution in [3.8, 4) is 5.75 Å². The highest BCUT2D eigenvalue weighted by molar-refractivity contribution is 6.46. The molecule has 176 valence electrons. The van der Waals surface area contributed by atoms with Crippen LogP contribution < -0.4 is 4.74 Å². The topological polar surface area (TPSA) is 70.1 Å². The molecule has 0 spiro atoms. The molecule has 1 amide bonds. The lowest BCUT2D eigenvalue weighted by molar-refractivity contribution is -0.139. The molecule has 1 aliphatic heterocycles. The standard InChI is InChI=1S/C27H34N2O4/c1-5-6-17-33-22-10-7-9-21(18-22)25(30)23-24(20-13-11-19(2)12-14-20)29(27(32)26(23)31)16-8-15-28(3)4/h7,9-14,18,24,30H,5-6,8,15-17H2,1-4H3. The van der Waals surface area contributed by atoms with Gasteiger partial charge in [-0.3, -0.25) is 9.59 Å². The predicted octanol–water partition coefficient (Wildman–Crippen LogP) is 4.55. The van der Waals surface area contributed by atoms with Crippen LogP contribution in [-0.4, -0.2) is 60.4 Å². The molecule has 0 aliphatic carbocycles. The van der Waals surface area contributed by atoms with E-state index in [0.717, 1.165) is 36.9 Å². The molecule has 2 aromatic carbocycles. The quantitative estimate of drug-likeness (QED) is 0.249. The molecule has 1 unspecified atom stereocenters. The van der Waals surface area contributed by atoms with Gasteiger partial charge >= 0.3 is 0 Å². The van der Waals surface area contributed by atoms with Gasteiger partial charge in [0.1, 0.15) is 11.5 Å². The van der Waals surface area contributed by atoms with E-state index in [1.165, 1.54) is 0 Å². The fourth-order valence-electron chi connectivity index (χ4n) is 3.99. The van der Waals surface area contributed by atoms with E-state index in [1.807, 2.05) is 56.3 Å². The van der Waals surface area contributed by atoms with Crippen LogP contribution in [0.25, 0.3) is 5.76 Å². The molecule has 6 nitrogen and oxygen atoms in total. The van der Waals surface area contributed by atoms with E-state index in [4.69, 9.17) is 4.74 Å². The van der Waals surface area contributed by atoms with Crippen molar-refractivity contribution < 1.29 is 19.4 Å². The molecule has 33 heavy (non-hydrogen) atoms. The Labute approximate surface area is 196 Å². The summed E-state index contributed by atoms with van der Waals surface area (Å²) in [4.78, 5) is 29.8. The molecule has 0 radical (unpaired) electrons. The lowest BCUT2D eigenvalue weighted by Crippen LogP contribution is -2.32. The van der Waals surface area contributed by atoms with Crippen molar-refractivity contribution in [2.24, 2.45) is 0 Å². The van der Waals surface area contributed by atoms with Crippen LogP contribution in [0.5, 0.6) is 5.75 Å². The van der Waals surface area contributed by atoms with E-state index in [9.17, 15) is 14.7 Å². The number of aliphatic hydroxyl groups is 1. The second kappa shape index (κ2) is 11.1. The maximum absolute atomic E-state index is 13.1. The van der Waals surface area contributed by atoms with Gasteiger partial charge in [0, 0.05) is 12.1 Å². The minimum absolute atomic E-state index is 0.124. The van der Waals surface area contributed by atoms with E-state index in [2.05, 4.69) is 6.92 Å². The molecule has 6 heteroatoms. The minimum Gasteiger partial charge on any atom is -0.507 e. The van der Waals surface area contributed by atoms with Crippen molar-refractivity contribution in [3.63, 3.8) is 0 Å². The van der Waals surface area contributed by atoms with Crippen LogP contribution in [0.1, 0.15) is 48.9 Å². The van der Waals surface area contributed by atoms with E-state index in [1.54, 1.807) is 23.1 Å². The smallest absolute Gasteiger partial charge is 0.295 e. The predicted molar refractivity (Wildman–Crippen MR) is 130 cm³/mol. The highest BCUT2D eigenvalue weighted by atomic mass is 16.5. The van der Waals surface area contributed by atoms with Crippen molar-refractivity contribution in [3.05, 3.63) is 70.8 Å². The SMILES string of the molecule is CCCCOc1cccc(C(O)=C2C(=O)C(=O)N(CCCN(C)C)C2c2ccc(C)cc2)c1. The van der Waals surface area contributed by atoms with Crippen LogP contribution in [-0.2, 0) is 9.59 Å². The lowest BCUT2D eigenvalue weighted by atomic mass is 9.94. The summed E-state index contributed by atoms with van der Waals surface area (Å²) in [5.74, 6) is -0.772. The average Bonchev–Trinajstić information content (AvgIpc) is 3.04. The Bertz CT molecular complexity index is 1010. The number of benzene rings is 2. The van der Waals surface area contributed by atoms with Crippen molar-refractivity contribution in [1.82, 2.24) is 9.80 Å². The molecule has 3 rings (SSSR count). The van der Waals surface area contributed by atoms with E-state index in [0.29, 0.717) is 24.5 Å². The van der Waals surface area contributed by atoms with Crippen LogP contribution in [0.2, 0.25) is 0 Å². The first-order valence-corrected chi connectivity index (χ1v) is 11.6. The summed E-state index contributed by atoms with van der Waals surface area (Å²) < 4.78 is 5.77. The van der Waals surface area contributed by atoms with Gasteiger partial charge in [-0.2, -0.15) is 0 Å². The van der Waals surface area contributed by atoms with Gasteiger partial charge in [-0.1, -0.05) is 55.3 Å². The number of ether oxygens (including phenoxy) is 1. The monoisotopic (exact) mass is 450 g/mol. The van der Waals surface area contributed by atoms with Gasteiger partial charge in [-0.05, 0) is 58.1 Å². The summed E-state index contributed by atoms with van der Waals surface area (Å²) in [6, 6.07) is 14.2. The highest BCUT2D eigenvalue weighted by Gasteiger charge is 2.45. The Morgan fingerprint density at radius 1 is 1.09 bits per heavy atom. The van der Waals surface area contributed by atoms with Gasteiger partial charge in [0.15, 0.2) is 0 Å². The number of Topliss-reactive ketones (excluding diaryl/α,β-unsaturated/α-hetero) is 1. The van der Waals surface area contributed by atoms with Crippen molar-refractivity contribution in [1.29, 1.82) is 0 Å². The molecule has 1 N–H and O–H groups in total. The molecular formula is C27H34N2O4. The van der Waals surface area contributed by atoms with Crippen LogP contribution in [0, 0.1) is 6.92 Å². The number of carbonyl (C=O) groups is 2. The van der Waals surface area contributed by atoms with Crippen LogP contribution in [0.3, 0.4) is 0 Å². The molecule has 0 bridgehead atoms. The molecule has 0 aromatic heterocycles. The molecule has 1 heterocycles. The zero-order valence-electron chi connectivity index (χ0n) is 20.0. The Hall–Kier alpha value is -3.12. The maximum atomic E-state index is 13.1. The number of aliphatic hydroxyl groups excluding tert-OH is 1. The summed E-state index contributed by atoms with van der Waals surface area (Å²) in [7, 11) is 3.95. The third-order valence-electron chi connectivity index (χ3n) is 5.81. The number of amides is 1. The fraction of sp³-hybridized carbons (Fsp3) is 0.407. The van der Waals surface area contributed by atoms with Gasteiger partial charge in [-0.25, -0.2) is 0 Å². The lowest BCUT2D eigenvalue weighted by Gasteiger charge is -2.26. The highest BCUT2D eigenvalue weighted by Crippen LogP contribution is 2.39. The van der Waals surface area contributed by atoms with Crippen molar-refractivity contribution in [2.75, 3.05) is 33.8 Å². The van der Waals surface area contributed by atoms with Gasteiger partial charge in [0.25, 0.3) is 11.7 Å². The maximum Gasteiger partial charge on any atom is 0.295 e. The van der Waals surface area contributed by atoms with E-state index >= 15 is 0 Å². The first kappa shape index (κ1) is 24.5. The number of nitrogens with zero attached hydrogens (tertiary/aromatic N) is 2. The number of hydrogen-bond donors (Lipinski definition) is 1. The van der Waals surface area contributed by atoms with Crippen LogP contribution in [0.15, 0.2) is 54.1 Å². The first-order chi connectivity index (χ1) is 15.8. The van der Waals surface area contributed by atoms with Gasteiger partial charge in [0.05, 0.1) is 18.2 Å². The summed E-state index contributed by atoms with van der Waals surface area (Å²) in [6.45, 7) is 5.88. The van der Waals surface area contributed by atoms with Crippen LogP contribution >= 0.6 is 0 Å². The number of likely N-dealkylation sites (tertiary alicyclic amines) is 1. The van der Waals surface area contributed by atoms with E-state index < -0.39 is 17.7 Å². The van der Waals surface area contributed by atoms with Gasteiger partial charge in [0.2, 0.25) is 0 Å². The minimum atomic E-state index is -0.653. The fourth-order valence-corrected chi connectivity index (χ4v) is 3.99. The Morgan fingerprint density at radius 2 is 1.82 bits per heavy atom. The number of ketones is 1. The molecule has 1 aliphatic rings.